The van der Waals surface area contributed by atoms with Crippen LogP contribution < -0.4 is 5.32 Å². The zero-order valence-corrected chi connectivity index (χ0v) is 15.7. The normalized spacial score (nSPS) is 10.9. The van der Waals surface area contributed by atoms with Crippen LogP contribution in [0.3, 0.4) is 0 Å². The van der Waals surface area contributed by atoms with Crippen LogP contribution in [0.25, 0.3) is 0 Å². The quantitative estimate of drug-likeness (QED) is 0.718. The number of rotatable bonds is 7. The Morgan fingerprint density at radius 3 is 2.32 bits per heavy atom. The zero-order valence-electron chi connectivity index (χ0n) is 14.9. The van der Waals surface area contributed by atoms with Crippen LogP contribution in [0.1, 0.15) is 31.1 Å². The van der Waals surface area contributed by atoms with Gasteiger partial charge in [-0.3, -0.25) is 9.59 Å². The molecule has 0 aliphatic rings. The minimum atomic E-state index is -0.888. The third-order valence-electron chi connectivity index (χ3n) is 2.92. The van der Waals surface area contributed by atoms with E-state index in [2.05, 4.69) is 5.32 Å². The lowest BCUT2D eigenvalue weighted by Crippen LogP contribution is -2.39. The van der Waals surface area contributed by atoms with Gasteiger partial charge in [0, 0.05) is 30.6 Å². The van der Waals surface area contributed by atoms with Crippen LogP contribution in [0, 0.1) is 0 Å². The number of nitrogens with zero attached hydrogens (tertiary/aromatic N) is 1. The van der Waals surface area contributed by atoms with Crippen molar-refractivity contribution in [2.75, 3.05) is 25.9 Å². The Bertz CT molecular complexity index is 610. The van der Waals surface area contributed by atoms with Gasteiger partial charge in [0.15, 0.2) is 0 Å². The van der Waals surface area contributed by atoms with E-state index in [1.54, 1.807) is 52.1 Å². The molecule has 1 aromatic carbocycles. The summed E-state index contributed by atoms with van der Waals surface area (Å²) >= 11 is 1.19. The van der Waals surface area contributed by atoms with Crippen molar-refractivity contribution in [2.45, 2.75) is 31.3 Å². The number of benzene rings is 1. The Labute approximate surface area is 151 Å². The third kappa shape index (κ3) is 8.44. The Morgan fingerprint density at radius 1 is 1.20 bits per heavy atom. The predicted octanol–water partition coefficient (Wildman–Crippen LogP) is 2.46. The number of carbonyl (C=O) groups is 3. The van der Waals surface area contributed by atoms with Crippen LogP contribution in [-0.4, -0.2) is 59.5 Å². The van der Waals surface area contributed by atoms with Gasteiger partial charge in [0.05, 0.1) is 5.75 Å². The van der Waals surface area contributed by atoms with E-state index in [1.165, 1.54) is 16.7 Å². The first-order valence-electron chi connectivity index (χ1n) is 7.75. The van der Waals surface area contributed by atoms with Gasteiger partial charge in [0.2, 0.25) is 0 Å². The maximum Gasteiger partial charge on any atom is 0.410 e. The molecule has 2 N–H and O–H groups in total. The monoisotopic (exact) mass is 368 g/mol. The highest BCUT2D eigenvalue weighted by molar-refractivity contribution is 8.00. The number of thioether (sulfide) groups is 1. The van der Waals surface area contributed by atoms with Gasteiger partial charge in [0.1, 0.15) is 5.60 Å². The summed E-state index contributed by atoms with van der Waals surface area (Å²) in [6.45, 7) is 5.99. The molecule has 0 aromatic heterocycles. The molecular weight excluding hydrogens is 344 g/mol. The molecule has 1 aromatic rings. The van der Waals surface area contributed by atoms with Crippen LogP contribution in [-0.2, 0) is 9.53 Å². The molecule has 1 rings (SSSR count). The molecule has 8 heteroatoms. The van der Waals surface area contributed by atoms with E-state index in [4.69, 9.17) is 9.84 Å². The van der Waals surface area contributed by atoms with Crippen LogP contribution in [0.5, 0.6) is 0 Å². The molecule has 0 saturated heterocycles. The summed E-state index contributed by atoms with van der Waals surface area (Å²) in [7, 11) is 1.61. The van der Waals surface area contributed by atoms with Gasteiger partial charge in [0.25, 0.3) is 5.91 Å². The fourth-order valence-corrected chi connectivity index (χ4v) is 2.34. The number of carbonyl (C=O) groups excluding carboxylic acids is 2. The second kappa shape index (κ2) is 9.31. The number of ether oxygens (including phenoxy) is 1. The number of hydrogen-bond donors (Lipinski definition) is 2. The fourth-order valence-electron chi connectivity index (χ4n) is 1.72. The third-order valence-corrected chi connectivity index (χ3v) is 3.91. The van der Waals surface area contributed by atoms with E-state index in [1.807, 2.05) is 0 Å². The van der Waals surface area contributed by atoms with E-state index in [-0.39, 0.29) is 11.7 Å². The fraction of sp³-hybridized carbons (Fsp3) is 0.471. The van der Waals surface area contributed by atoms with Crippen LogP contribution in [0.2, 0.25) is 0 Å². The minimum absolute atomic E-state index is 0.0253. The molecule has 0 bridgehead atoms. The zero-order chi connectivity index (χ0) is 19.0. The molecule has 7 nitrogen and oxygen atoms in total. The van der Waals surface area contributed by atoms with E-state index in [9.17, 15) is 14.4 Å². The van der Waals surface area contributed by atoms with E-state index < -0.39 is 17.7 Å². The summed E-state index contributed by atoms with van der Waals surface area (Å²) < 4.78 is 5.22. The first-order chi connectivity index (χ1) is 11.6. The molecule has 0 aliphatic heterocycles. The predicted molar refractivity (Wildman–Crippen MR) is 96.0 cm³/mol. The molecule has 0 atom stereocenters. The van der Waals surface area contributed by atoms with Gasteiger partial charge < -0.3 is 20.1 Å². The van der Waals surface area contributed by atoms with Crippen LogP contribution >= 0.6 is 11.8 Å². The maximum atomic E-state index is 12.1. The van der Waals surface area contributed by atoms with Gasteiger partial charge in [-0.2, -0.15) is 0 Å². The molecule has 0 radical (unpaired) electrons. The van der Waals surface area contributed by atoms with Crippen molar-refractivity contribution in [3.8, 4) is 0 Å². The summed E-state index contributed by atoms with van der Waals surface area (Å²) in [6.07, 6.45) is -0.443. The molecule has 138 valence electrons. The van der Waals surface area contributed by atoms with E-state index in [0.29, 0.717) is 18.7 Å². The second-order valence-electron chi connectivity index (χ2n) is 6.36. The van der Waals surface area contributed by atoms with Crippen molar-refractivity contribution < 1.29 is 24.2 Å². The number of nitrogens with one attached hydrogen (secondary N) is 1. The lowest BCUT2D eigenvalue weighted by molar-refractivity contribution is -0.133. The highest BCUT2D eigenvalue weighted by Gasteiger charge is 2.19. The number of likely N-dealkylation sites (N-methyl/N-ethyl adjacent to an activating group) is 1. The molecule has 0 fully saturated rings. The average Bonchev–Trinajstić information content (AvgIpc) is 2.51. The van der Waals surface area contributed by atoms with Gasteiger partial charge >= 0.3 is 12.1 Å². The van der Waals surface area contributed by atoms with Gasteiger partial charge in [-0.1, -0.05) is 0 Å². The Balaban J connectivity index is 2.41. The molecule has 0 spiro atoms. The largest absolute Gasteiger partial charge is 0.481 e. The Hall–Kier alpha value is -2.22. The highest BCUT2D eigenvalue weighted by Crippen LogP contribution is 2.18. The average molecular weight is 368 g/mol. The summed E-state index contributed by atoms with van der Waals surface area (Å²) in [4.78, 5) is 36.6. The lowest BCUT2D eigenvalue weighted by Gasteiger charge is -2.24. The Kier molecular flexibility index (Phi) is 7.76. The lowest BCUT2D eigenvalue weighted by atomic mass is 10.2. The molecule has 0 saturated carbocycles. The minimum Gasteiger partial charge on any atom is -0.481 e. The summed E-state index contributed by atoms with van der Waals surface area (Å²) in [5, 5.41) is 11.4. The van der Waals surface area contributed by atoms with Crippen molar-refractivity contribution in [2.24, 2.45) is 0 Å². The van der Waals surface area contributed by atoms with Crippen LogP contribution in [0.4, 0.5) is 4.79 Å². The van der Waals surface area contributed by atoms with Crippen molar-refractivity contribution in [1.82, 2.24) is 10.2 Å². The molecular formula is C17H24N2O5S. The Morgan fingerprint density at radius 2 is 1.80 bits per heavy atom. The SMILES string of the molecule is CN(CCNC(=O)c1ccc(SCC(=O)O)cc1)C(=O)OC(C)(C)C. The van der Waals surface area contributed by atoms with E-state index in [0.717, 1.165) is 4.90 Å². The standard InChI is InChI=1S/C17H24N2O5S/c1-17(2,3)24-16(23)19(4)10-9-18-15(22)12-5-7-13(8-6-12)25-11-14(20)21/h5-8H,9-11H2,1-4H3,(H,18,22)(H,20,21). The van der Waals surface area contributed by atoms with Crippen molar-refractivity contribution in [1.29, 1.82) is 0 Å². The topological polar surface area (TPSA) is 95.9 Å². The highest BCUT2D eigenvalue weighted by atomic mass is 32.2. The molecule has 0 unspecified atom stereocenters. The molecule has 0 aliphatic carbocycles. The smallest absolute Gasteiger partial charge is 0.410 e. The van der Waals surface area contributed by atoms with Gasteiger partial charge in [-0.15, -0.1) is 11.8 Å². The number of amides is 2. The van der Waals surface area contributed by atoms with Crippen molar-refractivity contribution in [3.63, 3.8) is 0 Å². The van der Waals surface area contributed by atoms with Gasteiger partial charge in [-0.05, 0) is 45.0 Å². The molecule has 0 heterocycles. The first-order valence-corrected chi connectivity index (χ1v) is 8.74. The second-order valence-corrected chi connectivity index (χ2v) is 7.41. The molecule has 25 heavy (non-hydrogen) atoms. The van der Waals surface area contributed by atoms with Gasteiger partial charge in [-0.25, -0.2) is 4.79 Å². The number of carboxylic acids is 1. The first kappa shape index (κ1) is 20.8. The van der Waals surface area contributed by atoms with E-state index >= 15 is 0 Å². The van der Waals surface area contributed by atoms with Crippen LogP contribution in [0.15, 0.2) is 29.2 Å². The number of aliphatic carboxylic acids is 1. The summed E-state index contributed by atoms with van der Waals surface area (Å²) in [5.41, 5.74) is -0.0887. The van der Waals surface area contributed by atoms with Crippen molar-refractivity contribution >= 4 is 29.7 Å². The summed E-state index contributed by atoms with van der Waals surface area (Å²) in [5.74, 6) is -1.17. The molecule has 2 amide bonds. The number of hydrogen-bond acceptors (Lipinski definition) is 5. The van der Waals surface area contributed by atoms with Crippen molar-refractivity contribution in [3.05, 3.63) is 29.8 Å². The number of carboxylic acid groups (broad SMARTS) is 1. The summed E-state index contributed by atoms with van der Waals surface area (Å²) in [6, 6.07) is 6.68. The maximum absolute atomic E-state index is 12.1.